The van der Waals surface area contributed by atoms with Gasteiger partial charge in [0, 0.05) is 13.1 Å². The van der Waals surface area contributed by atoms with Crippen LogP contribution in [0.5, 0.6) is 0 Å². The number of nitrogens with one attached hydrogen (secondary N) is 1. The van der Waals surface area contributed by atoms with Crippen molar-refractivity contribution in [2.24, 2.45) is 5.92 Å². The van der Waals surface area contributed by atoms with E-state index in [2.05, 4.69) is 10.2 Å². The molecule has 62 valence electrons. The van der Waals surface area contributed by atoms with Crippen LogP contribution in [-0.2, 0) is 4.79 Å². The number of carbonyl (C=O) groups is 1. The summed E-state index contributed by atoms with van der Waals surface area (Å²) in [6.45, 7) is 1.74. The summed E-state index contributed by atoms with van der Waals surface area (Å²) in [5, 5.41) is 2.65. The fourth-order valence-corrected chi connectivity index (χ4v) is 1.95. The summed E-state index contributed by atoms with van der Waals surface area (Å²) in [7, 11) is 1.70. The summed E-state index contributed by atoms with van der Waals surface area (Å²) in [5.41, 5.74) is 0. The highest BCUT2D eigenvalue weighted by Crippen LogP contribution is 2.43. The van der Waals surface area contributed by atoms with E-state index in [1.54, 1.807) is 7.05 Å². The molecule has 2 atom stereocenters. The summed E-state index contributed by atoms with van der Waals surface area (Å²) in [6.07, 6.45) is 2.64. The van der Waals surface area contributed by atoms with E-state index in [9.17, 15) is 4.79 Å². The van der Waals surface area contributed by atoms with Crippen LogP contribution in [0.2, 0.25) is 0 Å². The van der Waals surface area contributed by atoms with Crippen molar-refractivity contribution in [3.63, 3.8) is 0 Å². The average Bonchev–Trinajstić information content (AvgIpc) is 2.70. The second-order valence-corrected chi connectivity index (χ2v) is 3.50. The standard InChI is InChI=1S/C8H14N2O/c1-9-8(11)5-10-3-2-6-4-7(6)10/h6-7H,2-5H2,1H3,(H,9,11). The van der Waals surface area contributed by atoms with E-state index in [1.807, 2.05) is 0 Å². The maximum absolute atomic E-state index is 11.0. The molecule has 1 saturated heterocycles. The molecule has 1 heterocycles. The molecule has 2 fully saturated rings. The number of rotatable bonds is 2. The number of hydrogen-bond acceptors (Lipinski definition) is 2. The highest BCUT2D eigenvalue weighted by Gasteiger charge is 2.46. The Bertz CT molecular complexity index is 181. The lowest BCUT2D eigenvalue weighted by Crippen LogP contribution is -2.35. The molecule has 1 N–H and O–H groups in total. The molecule has 1 saturated carbocycles. The normalized spacial score (nSPS) is 35.0. The maximum atomic E-state index is 11.0. The van der Waals surface area contributed by atoms with Crippen LogP contribution in [0.15, 0.2) is 0 Å². The van der Waals surface area contributed by atoms with Crippen molar-refractivity contribution < 1.29 is 4.79 Å². The van der Waals surface area contributed by atoms with Crippen molar-refractivity contribution >= 4 is 5.91 Å². The molecule has 0 aromatic carbocycles. The molecule has 0 bridgehead atoms. The number of piperidine rings is 1. The number of carbonyl (C=O) groups excluding carboxylic acids is 1. The Labute approximate surface area is 66.8 Å². The van der Waals surface area contributed by atoms with Gasteiger partial charge in [-0.25, -0.2) is 0 Å². The Morgan fingerprint density at radius 1 is 1.73 bits per heavy atom. The molecule has 0 aromatic rings. The first-order valence-electron chi connectivity index (χ1n) is 4.26. The summed E-state index contributed by atoms with van der Waals surface area (Å²) in [6, 6.07) is 0.757. The van der Waals surface area contributed by atoms with Crippen molar-refractivity contribution in [1.82, 2.24) is 10.2 Å². The smallest absolute Gasteiger partial charge is 0.233 e. The lowest BCUT2D eigenvalue weighted by Gasteiger charge is -2.15. The van der Waals surface area contributed by atoms with Crippen LogP contribution in [0.4, 0.5) is 0 Å². The number of nitrogens with zero attached hydrogens (tertiary/aromatic N) is 1. The fraction of sp³-hybridized carbons (Fsp3) is 0.875. The van der Waals surface area contributed by atoms with Crippen LogP contribution in [0, 0.1) is 5.92 Å². The first-order valence-corrected chi connectivity index (χ1v) is 4.26. The Morgan fingerprint density at radius 2 is 2.55 bits per heavy atom. The van der Waals surface area contributed by atoms with Crippen molar-refractivity contribution in [3.8, 4) is 0 Å². The Hall–Kier alpha value is -0.570. The lowest BCUT2D eigenvalue weighted by atomic mass is 10.3. The molecule has 3 heteroatoms. The van der Waals surface area contributed by atoms with E-state index in [0.717, 1.165) is 18.5 Å². The Balaban J connectivity index is 1.82. The average molecular weight is 154 g/mol. The molecule has 1 aliphatic carbocycles. The zero-order valence-corrected chi connectivity index (χ0v) is 6.84. The molecule has 11 heavy (non-hydrogen) atoms. The Kier molecular flexibility index (Phi) is 1.60. The molecule has 0 aromatic heterocycles. The number of likely N-dealkylation sites (N-methyl/N-ethyl adjacent to an activating group) is 1. The van der Waals surface area contributed by atoms with Gasteiger partial charge in [-0.15, -0.1) is 0 Å². The number of likely N-dealkylation sites (tertiary alicyclic amines) is 1. The SMILES string of the molecule is CNC(=O)CN1CCC2CC21. The summed E-state index contributed by atoms with van der Waals surface area (Å²) < 4.78 is 0. The second kappa shape index (κ2) is 2.48. The van der Waals surface area contributed by atoms with Gasteiger partial charge in [-0.05, 0) is 25.3 Å². The van der Waals surface area contributed by atoms with Gasteiger partial charge < -0.3 is 5.32 Å². The van der Waals surface area contributed by atoms with E-state index in [0.29, 0.717) is 6.54 Å². The van der Waals surface area contributed by atoms with Crippen LogP contribution >= 0.6 is 0 Å². The van der Waals surface area contributed by atoms with Gasteiger partial charge in [-0.3, -0.25) is 9.69 Å². The predicted molar refractivity (Wildman–Crippen MR) is 42.2 cm³/mol. The molecule has 1 amide bonds. The van der Waals surface area contributed by atoms with Gasteiger partial charge in [0.1, 0.15) is 0 Å². The van der Waals surface area contributed by atoms with Gasteiger partial charge in [-0.2, -0.15) is 0 Å². The molecule has 2 rings (SSSR count). The first-order chi connectivity index (χ1) is 5.31. The van der Waals surface area contributed by atoms with Crippen molar-refractivity contribution in [3.05, 3.63) is 0 Å². The quantitative estimate of drug-likeness (QED) is 0.598. The molecular weight excluding hydrogens is 140 g/mol. The summed E-state index contributed by atoms with van der Waals surface area (Å²) >= 11 is 0. The third-order valence-electron chi connectivity index (χ3n) is 2.77. The molecule has 0 spiro atoms. The minimum Gasteiger partial charge on any atom is -0.358 e. The van der Waals surface area contributed by atoms with Gasteiger partial charge in [0.25, 0.3) is 0 Å². The van der Waals surface area contributed by atoms with Crippen LogP contribution in [-0.4, -0.2) is 37.0 Å². The maximum Gasteiger partial charge on any atom is 0.233 e. The van der Waals surface area contributed by atoms with Gasteiger partial charge in [0.2, 0.25) is 5.91 Å². The van der Waals surface area contributed by atoms with E-state index < -0.39 is 0 Å². The molecule has 1 aliphatic heterocycles. The zero-order valence-electron chi connectivity index (χ0n) is 6.84. The van der Waals surface area contributed by atoms with Gasteiger partial charge in [0.05, 0.1) is 6.54 Å². The van der Waals surface area contributed by atoms with E-state index in [-0.39, 0.29) is 5.91 Å². The zero-order chi connectivity index (χ0) is 7.84. The fourth-order valence-electron chi connectivity index (χ4n) is 1.95. The molecular formula is C8H14N2O. The van der Waals surface area contributed by atoms with Crippen LogP contribution in [0.25, 0.3) is 0 Å². The van der Waals surface area contributed by atoms with Gasteiger partial charge in [-0.1, -0.05) is 0 Å². The molecule has 3 nitrogen and oxygen atoms in total. The van der Waals surface area contributed by atoms with Crippen molar-refractivity contribution in [2.75, 3.05) is 20.1 Å². The second-order valence-electron chi connectivity index (χ2n) is 3.50. The van der Waals surface area contributed by atoms with Crippen molar-refractivity contribution in [1.29, 1.82) is 0 Å². The lowest BCUT2D eigenvalue weighted by molar-refractivity contribution is -0.121. The van der Waals surface area contributed by atoms with Gasteiger partial charge in [0.15, 0.2) is 0 Å². The van der Waals surface area contributed by atoms with Crippen LogP contribution in [0.1, 0.15) is 12.8 Å². The van der Waals surface area contributed by atoms with E-state index >= 15 is 0 Å². The van der Waals surface area contributed by atoms with Crippen molar-refractivity contribution in [2.45, 2.75) is 18.9 Å². The molecule has 2 unspecified atom stereocenters. The minimum atomic E-state index is 0.151. The summed E-state index contributed by atoms with van der Waals surface area (Å²) in [4.78, 5) is 13.3. The minimum absolute atomic E-state index is 0.151. The van der Waals surface area contributed by atoms with E-state index in [4.69, 9.17) is 0 Å². The monoisotopic (exact) mass is 154 g/mol. The summed E-state index contributed by atoms with van der Waals surface area (Å²) in [5.74, 6) is 1.08. The first kappa shape index (κ1) is 7.10. The number of amides is 1. The Morgan fingerprint density at radius 3 is 3.00 bits per heavy atom. The molecule has 0 radical (unpaired) electrons. The third-order valence-corrected chi connectivity index (χ3v) is 2.77. The number of fused-ring (bicyclic) bond motifs is 1. The third kappa shape index (κ3) is 1.25. The largest absolute Gasteiger partial charge is 0.358 e. The predicted octanol–water partition coefficient (Wildman–Crippen LogP) is -0.173. The van der Waals surface area contributed by atoms with E-state index in [1.165, 1.54) is 12.8 Å². The van der Waals surface area contributed by atoms with Gasteiger partial charge >= 0.3 is 0 Å². The number of hydrogen-bond donors (Lipinski definition) is 1. The highest BCUT2D eigenvalue weighted by atomic mass is 16.1. The highest BCUT2D eigenvalue weighted by molar-refractivity contribution is 5.77. The van der Waals surface area contributed by atoms with Crippen LogP contribution < -0.4 is 5.32 Å². The molecule has 2 aliphatic rings. The topological polar surface area (TPSA) is 32.3 Å². The van der Waals surface area contributed by atoms with Crippen LogP contribution in [0.3, 0.4) is 0 Å².